The minimum Gasteiger partial charge on any atom is -0.253 e. The molecule has 2 aromatic rings. The topological polar surface area (TPSA) is 51.6 Å². The summed E-state index contributed by atoms with van der Waals surface area (Å²) in [6, 6.07) is 3.75. The van der Waals surface area contributed by atoms with Crippen LogP contribution in [0.3, 0.4) is 0 Å². The molecule has 0 saturated carbocycles. The van der Waals surface area contributed by atoms with Gasteiger partial charge in [0.15, 0.2) is 0 Å². The van der Waals surface area contributed by atoms with Gasteiger partial charge in [-0.25, -0.2) is 0 Å². The van der Waals surface area contributed by atoms with Crippen molar-refractivity contribution in [1.82, 2.24) is 20.4 Å². The molecule has 0 spiro atoms. The molecular weight excluding hydrogens is 200 g/mol. The summed E-state index contributed by atoms with van der Waals surface area (Å²) < 4.78 is 0. The maximum Gasteiger partial charge on any atom is 0.115 e. The number of nitrogens with zero attached hydrogens (tertiary/aromatic N) is 4. The third kappa shape index (κ3) is 2.51. The summed E-state index contributed by atoms with van der Waals surface area (Å²) in [5.41, 5.74) is 2.48. The zero-order valence-corrected chi connectivity index (χ0v) is 10.5. The SMILES string of the molecule is CC.CC(C)(C)c1nnnc2cccnc12. The molecule has 2 heterocycles. The monoisotopic (exact) mass is 218 g/mol. The highest BCUT2D eigenvalue weighted by Gasteiger charge is 2.20. The number of pyridine rings is 1. The third-order valence-electron chi connectivity index (χ3n) is 2.02. The second-order valence-corrected chi connectivity index (χ2v) is 4.26. The first kappa shape index (κ1) is 12.5. The quantitative estimate of drug-likeness (QED) is 0.682. The van der Waals surface area contributed by atoms with Crippen LogP contribution in [-0.2, 0) is 5.41 Å². The molecule has 0 bridgehead atoms. The molecule has 4 heteroatoms. The highest BCUT2D eigenvalue weighted by Crippen LogP contribution is 2.24. The lowest BCUT2D eigenvalue weighted by Crippen LogP contribution is -2.16. The number of hydrogen-bond donors (Lipinski definition) is 0. The van der Waals surface area contributed by atoms with E-state index in [1.54, 1.807) is 6.20 Å². The average molecular weight is 218 g/mol. The zero-order valence-electron chi connectivity index (χ0n) is 10.5. The van der Waals surface area contributed by atoms with E-state index in [1.807, 2.05) is 26.0 Å². The van der Waals surface area contributed by atoms with Crippen molar-refractivity contribution in [2.45, 2.75) is 40.0 Å². The fourth-order valence-corrected chi connectivity index (χ4v) is 1.33. The standard InChI is InChI=1S/C10H12N4.C2H6/c1-10(2,3)9-8-7(12-14-13-9)5-4-6-11-8;1-2/h4-6H,1-3H3;1-2H3. The van der Waals surface area contributed by atoms with Crippen LogP contribution in [0.2, 0.25) is 0 Å². The van der Waals surface area contributed by atoms with E-state index in [4.69, 9.17) is 0 Å². The minimum absolute atomic E-state index is 0.0530. The second kappa shape index (κ2) is 4.96. The Morgan fingerprint density at radius 2 is 1.75 bits per heavy atom. The Morgan fingerprint density at radius 3 is 2.38 bits per heavy atom. The van der Waals surface area contributed by atoms with E-state index in [1.165, 1.54) is 0 Å². The zero-order chi connectivity index (χ0) is 12.2. The first-order chi connectivity index (χ1) is 7.59. The molecule has 0 aromatic carbocycles. The maximum absolute atomic E-state index is 4.28. The third-order valence-corrected chi connectivity index (χ3v) is 2.02. The van der Waals surface area contributed by atoms with Crippen molar-refractivity contribution < 1.29 is 0 Å². The van der Waals surface area contributed by atoms with Gasteiger partial charge in [-0.3, -0.25) is 4.98 Å². The Bertz CT molecular complexity index is 455. The van der Waals surface area contributed by atoms with Crippen LogP contribution < -0.4 is 0 Å². The number of hydrogen-bond acceptors (Lipinski definition) is 4. The Hall–Kier alpha value is -1.58. The van der Waals surface area contributed by atoms with Gasteiger partial charge in [-0.05, 0) is 17.3 Å². The normalized spacial score (nSPS) is 10.8. The number of aromatic nitrogens is 4. The molecule has 0 aliphatic carbocycles. The number of fused-ring (bicyclic) bond motifs is 1. The van der Waals surface area contributed by atoms with E-state index in [0.29, 0.717) is 0 Å². The molecule has 0 fully saturated rings. The van der Waals surface area contributed by atoms with Crippen LogP contribution in [0.15, 0.2) is 18.3 Å². The summed E-state index contributed by atoms with van der Waals surface area (Å²) >= 11 is 0. The summed E-state index contributed by atoms with van der Waals surface area (Å²) in [5, 5.41) is 11.7. The lowest BCUT2D eigenvalue weighted by molar-refractivity contribution is 0.558. The van der Waals surface area contributed by atoms with Crippen molar-refractivity contribution in [1.29, 1.82) is 0 Å². The van der Waals surface area contributed by atoms with Gasteiger partial charge in [-0.1, -0.05) is 34.6 Å². The fraction of sp³-hybridized carbons (Fsp3) is 0.500. The van der Waals surface area contributed by atoms with Crippen molar-refractivity contribution in [2.24, 2.45) is 0 Å². The van der Waals surface area contributed by atoms with Gasteiger partial charge in [0.05, 0.1) is 5.69 Å². The van der Waals surface area contributed by atoms with E-state index < -0.39 is 0 Å². The highest BCUT2D eigenvalue weighted by molar-refractivity contribution is 5.76. The average Bonchev–Trinajstić information content (AvgIpc) is 2.30. The molecule has 86 valence electrons. The molecule has 4 nitrogen and oxygen atoms in total. The van der Waals surface area contributed by atoms with Crippen LogP contribution in [0.5, 0.6) is 0 Å². The molecule has 0 radical (unpaired) electrons. The van der Waals surface area contributed by atoms with Gasteiger partial charge in [0.25, 0.3) is 0 Å². The van der Waals surface area contributed by atoms with Gasteiger partial charge in [0.1, 0.15) is 11.0 Å². The lowest BCUT2D eigenvalue weighted by Gasteiger charge is -2.17. The van der Waals surface area contributed by atoms with Gasteiger partial charge in [-0.2, -0.15) is 0 Å². The first-order valence-electron chi connectivity index (χ1n) is 5.53. The Morgan fingerprint density at radius 1 is 1.06 bits per heavy atom. The molecule has 2 aromatic heterocycles. The predicted molar refractivity (Wildman–Crippen MR) is 65.2 cm³/mol. The van der Waals surface area contributed by atoms with E-state index >= 15 is 0 Å². The summed E-state index contributed by atoms with van der Waals surface area (Å²) in [5.74, 6) is 0. The van der Waals surface area contributed by atoms with Crippen molar-refractivity contribution in [2.75, 3.05) is 0 Å². The Labute approximate surface area is 96.1 Å². The Kier molecular flexibility index (Phi) is 3.88. The minimum atomic E-state index is -0.0530. The van der Waals surface area contributed by atoms with E-state index in [0.717, 1.165) is 16.7 Å². The molecule has 16 heavy (non-hydrogen) atoms. The molecule has 0 amide bonds. The van der Waals surface area contributed by atoms with Crippen LogP contribution in [0.4, 0.5) is 0 Å². The predicted octanol–water partition coefficient (Wildman–Crippen LogP) is 2.74. The van der Waals surface area contributed by atoms with Crippen molar-refractivity contribution in [3.8, 4) is 0 Å². The van der Waals surface area contributed by atoms with Gasteiger partial charge < -0.3 is 0 Å². The maximum atomic E-state index is 4.28. The second-order valence-electron chi connectivity index (χ2n) is 4.26. The molecule has 0 aliphatic heterocycles. The largest absolute Gasteiger partial charge is 0.253 e. The summed E-state index contributed by atoms with van der Waals surface area (Å²) in [6.07, 6.45) is 1.75. The van der Waals surface area contributed by atoms with Gasteiger partial charge in [-0.15, -0.1) is 10.2 Å². The molecule has 0 unspecified atom stereocenters. The van der Waals surface area contributed by atoms with Crippen molar-refractivity contribution >= 4 is 11.0 Å². The van der Waals surface area contributed by atoms with Gasteiger partial charge in [0, 0.05) is 11.6 Å². The highest BCUT2D eigenvalue weighted by atomic mass is 15.3. The van der Waals surface area contributed by atoms with E-state index in [9.17, 15) is 0 Å². The van der Waals surface area contributed by atoms with Gasteiger partial charge >= 0.3 is 0 Å². The fourth-order valence-electron chi connectivity index (χ4n) is 1.33. The smallest absolute Gasteiger partial charge is 0.115 e. The first-order valence-corrected chi connectivity index (χ1v) is 5.53. The Balaban J connectivity index is 0.000000606. The molecule has 2 rings (SSSR count). The lowest BCUT2D eigenvalue weighted by atomic mass is 9.91. The van der Waals surface area contributed by atoms with Crippen LogP contribution >= 0.6 is 0 Å². The molecule has 0 saturated heterocycles. The van der Waals surface area contributed by atoms with Crippen molar-refractivity contribution in [3.63, 3.8) is 0 Å². The molecular formula is C12H18N4. The summed E-state index contributed by atoms with van der Waals surface area (Å²) in [4.78, 5) is 4.28. The van der Waals surface area contributed by atoms with E-state index in [-0.39, 0.29) is 5.41 Å². The summed E-state index contributed by atoms with van der Waals surface area (Å²) in [6.45, 7) is 10.3. The van der Waals surface area contributed by atoms with Crippen LogP contribution in [0.25, 0.3) is 11.0 Å². The van der Waals surface area contributed by atoms with Crippen molar-refractivity contribution in [3.05, 3.63) is 24.0 Å². The van der Waals surface area contributed by atoms with Crippen LogP contribution in [0, 0.1) is 0 Å². The molecule has 0 N–H and O–H groups in total. The van der Waals surface area contributed by atoms with Gasteiger partial charge in [0.2, 0.25) is 0 Å². The number of rotatable bonds is 0. The van der Waals surface area contributed by atoms with Crippen LogP contribution in [0.1, 0.15) is 40.3 Å². The summed E-state index contributed by atoms with van der Waals surface area (Å²) in [7, 11) is 0. The van der Waals surface area contributed by atoms with Crippen LogP contribution in [-0.4, -0.2) is 20.4 Å². The molecule has 0 atom stereocenters. The van der Waals surface area contributed by atoms with E-state index in [2.05, 4.69) is 41.2 Å². The molecule has 0 aliphatic rings.